The van der Waals surface area contributed by atoms with Crippen LogP contribution < -0.4 is 11.5 Å². The van der Waals surface area contributed by atoms with Gasteiger partial charge in [-0.15, -0.1) is 0 Å². The average Bonchev–Trinajstić information content (AvgIpc) is 2.34. The third-order valence-electron chi connectivity index (χ3n) is 2.47. The van der Waals surface area contributed by atoms with Gasteiger partial charge in [0.1, 0.15) is 5.69 Å². The maximum absolute atomic E-state index is 13.7. The minimum absolute atomic E-state index is 0.0180. The van der Waals surface area contributed by atoms with Gasteiger partial charge in [-0.05, 0) is 17.7 Å². The number of benzene rings is 2. The summed E-state index contributed by atoms with van der Waals surface area (Å²) in [6.45, 7) is 0. The molecule has 0 amide bonds. The van der Waals surface area contributed by atoms with Crippen LogP contribution in [0.2, 0.25) is 0 Å². The van der Waals surface area contributed by atoms with Crippen LogP contribution in [-0.4, -0.2) is 0 Å². The van der Waals surface area contributed by atoms with Crippen LogP contribution in [0.25, 0.3) is 11.1 Å². The van der Waals surface area contributed by atoms with E-state index in [-0.39, 0.29) is 11.3 Å². The lowest BCUT2D eigenvalue weighted by atomic mass is 10.0. The molecule has 0 aliphatic carbocycles. The van der Waals surface area contributed by atoms with Gasteiger partial charge < -0.3 is 11.5 Å². The van der Waals surface area contributed by atoms with Gasteiger partial charge in [0.2, 0.25) is 0 Å². The van der Waals surface area contributed by atoms with E-state index >= 15 is 0 Å². The Labute approximate surface area is 99.8 Å². The summed E-state index contributed by atoms with van der Waals surface area (Å²) < 4.78 is 53.5. The molecule has 0 fully saturated rings. The summed E-state index contributed by atoms with van der Waals surface area (Å²) in [5.41, 5.74) is 8.91. The van der Waals surface area contributed by atoms with Crippen LogP contribution in [0.3, 0.4) is 0 Å². The number of nitrogen functional groups attached to an aromatic ring is 2. The molecule has 94 valence electrons. The molecule has 6 heteroatoms. The summed E-state index contributed by atoms with van der Waals surface area (Å²) in [5.74, 6) is -6.54. The van der Waals surface area contributed by atoms with Crippen molar-refractivity contribution in [2.24, 2.45) is 0 Å². The summed E-state index contributed by atoms with van der Waals surface area (Å²) in [4.78, 5) is 0. The fraction of sp³-hybridized carbons (Fsp3) is 0. The summed E-state index contributed by atoms with van der Waals surface area (Å²) in [7, 11) is 0. The molecule has 0 aromatic heterocycles. The molecule has 4 N–H and O–H groups in total. The molecular weight excluding hydrogens is 248 g/mol. The highest BCUT2D eigenvalue weighted by molar-refractivity contribution is 5.72. The molecule has 0 heterocycles. The van der Waals surface area contributed by atoms with Crippen LogP contribution in [0.4, 0.5) is 28.9 Å². The molecule has 2 rings (SSSR count). The third-order valence-corrected chi connectivity index (χ3v) is 2.47. The van der Waals surface area contributed by atoms with Crippen LogP contribution >= 0.6 is 0 Å². The molecule has 0 spiro atoms. The Hall–Kier alpha value is -2.24. The summed E-state index contributed by atoms with van der Waals surface area (Å²) in [6.07, 6.45) is 0. The highest BCUT2D eigenvalue weighted by atomic mass is 19.2. The molecular formula is C12H8F4N2. The van der Waals surface area contributed by atoms with E-state index in [9.17, 15) is 17.6 Å². The van der Waals surface area contributed by atoms with Gasteiger partial charge in [0, 0.05) is 5.69 Å². The zero-order valence-electron chi connectivity index (χ0n) is 8.98. The van der Waals surface area contributed by atoms with E-state index in [0.717, 1.165) is 0 Å². The van der Waals surface area contributed by atoms with Gasteiger partial charge in [0.25, 0.3) is 0 Å². The topological polar surface area (TPSA) is 52.0 Å². The zero-order chi connectivity index (χ0) is 13.4. The van der Waals surface area contributed by atoms with E-state index in [2.05, 4.69) is 0 Å². The second kappa shape index (κ2) is 4.21. The standard InChI is InChI=1S/C12H8F4N2/c13-8-7(5-2-1-3-6(17)4-5)9(14)12(18)11(16)10(8)15/h1-4H,17-18H2. The van der Waals surface area contributed by atoms with Crippen LogP contribution in [0, 0.1) is 23.3 Å². The Balaban J connectivity index is 2.80. The van der Waals surface area contributed by atoms with E-state index in [0.29, 0.717) is 0 Å². The summed E-state index contributed by atoms with van der Waals surface area (Å²) in [5, 5.41) is 0. The molecule has 2 aromatic rings. The monoisotopic (exact) mass is 256 g/mol. The molecule has 0 atom stereocenters. The van der Waals surface area contributed by atoms with Gasteiger partial charge >= 0.3 is 0 Å². The number of hydrogen-bond donors (Lipinski definition) is 2. The van der Waals surface area contributed by atoms with Crippen molar-refractivity contribution in [1.29, 1.82) is 0 Å². The zero-order valence-corrected chi connectivity index (χ0v) is 8.98. The first-order valence-electron chi connectivity index (χ1n) is 4.90. The van der Waals surface area contributed by atoms with E-state index in [1.165, 1.54) is 24.3 Å². The normalized spacial score (nSPS) is 10.7. The number of hydrogen-bond acceptors (Lipinski definition) is 2. The van der Waals surface area contributed by atoms with Crippen molar-refractivity contribution in [1.82, 2.24) is 0 Å². The van der Waals surface area contributed by atoms with Crippen LogP contribution in [-0.2, 0) is 0 Å². The number of anilines is 2. The van der Waals surface area contributed by atoms with Gasteiger partial charge in [-0.25, -0.2) is 17.6 Å². The quantitative estimate of drug-likeness (QED) is 0.356. The van der Waals surface area contributed by atoms with E-state index in [1.807, 2.05) is 0 Å². The van der Waals surface area contributed by atoms with Crippen molar-refractivity contribution < 1.29 is 17.6 Å². The van der Waals surface area contributed by atoms with Gasteiger partial charge in [-0.3, -0.25) is 0 Å². The second-order valence-electron chi connectivity index (χ2n) is 3.67. The van der Waals surface area contributed by atoms with Gasteiger partial charge in [0.05, 0.1) is 5.56 Å². The van der Waals surface area contributed by atoms with E-state index in [1.54, 1.807) is 0 Å². The first-order chi connectivity index (χ1) is 8.43. The molecule has 0 aliphatic heterocycles. The second-order valence-corrected chi connectivity index (χ2v) is 3.67. The number of nitrogens with two attached hydrogens (primary N) is 2. The van der Waals surface area contributed by atoms with Crippen LogP contribution in [0.5, 0.6) is 0 Å². The van der Waals surface area contributed by atoms with Crippen molar-refractivity contribution in [3.63, 3.8) is 0 Å². The first-order valence-corrected chi connectivity index (χ1v) is 4.90. The largest absolute Gasteiger partial charge is 0.399 e. The van der Waals surface area contributed by atoms with E-state index < -0.39 is 34.5 Å². The molecule has 0 aliphatic rings. The predicted molar refractivity (Wildman–Crippen MR) is 60.5 cm³/mol. The third kappa shape index (κ3) is 1.75. The number of rotatable bonds is 1. The molecule has 18 heavy (non-hydrogen) atoms. The minimum atomic E-state index is -1.81. The van der Waals surface area contributed by atoms with Crippen molar-refractivity contribution in [3.05, 3.63) is 47.5 Å². The molecule has 0 saturated heterocycles. The Bertz CT molecular complexity index is 597. The van der Waals surface area contributed by atoms with Crippen molar-refractivity contribution in [2.75, 3.05) is 11.5 Å². The highest BCUT2D eigenvalue weighted by Gasteiger charge is 2.24. The molecule has 0 bridgehead atoms. The maximum Gasteiger partial charge on any atom is 0.197 e. The Morgan fingerprint density at radius 1 is 0.778 bits per heavy atom. The smallest absolute Gasteiger partial charge is 0.197 e. The lowest BCUT2D eigenvalue weighted by molar-refractivity contribution is 0.441. The van der Waals surface area contributed by atoms with E-state index in [4.69, 9.17) is 11.5 Å². The summed E-state index contributed by atoms with van der Waals surface area (Å²) >= 11 is 0. The van der Waals surface area contributed by atoms with Gasteiger partial charge in [-0.2, -0.15) is 0 Å². The fourth-order valence-electron chi connectivity index (χ4n) is 1.60. The lowest BCUT2D eigenvalue weighted by Crippen LogP contribution is -2.05. The highest BCUT2D eigenvalue weighted by Crippen LogP contribution is 2.33. The molecule has 2 nitrogen and oxygen atoms in total. The minimum Gasteiger partial charge on any atom is -0.399 e. The fourth-order valence-corrected chi connectivity index (χ4v) is 1.60. The molecule has 0 unspecified atom stereocenters. The van der Waals surface area contributed by atoms with Gasteiger partial charge in [-0.1, -0.05) is 12.1 Å². The molecule has 0 saturated carbocycles. The summed E-state index contributed by atoms with van der Waals surface area (Å²) in [6, 6.07) is 5.47. The maximum atomic E-state index is 13.7. The average molecular weight is 256 g/mol. The van der Waals surface area contributed by atoms with Crippen LogP contribution in [0.15, 0.2) is 24.3 Å². The molecule has 0 radical (unpaired) electrons. The van der Waals surface area contributed by atoms with Crippen molar-refractivity contribution >= 4 is 11.4 Å². The first kappa shape index (κ1) is 12.2. The SMILES string of the molecule is Nc1cccc(-c2c(F)c(N)c(F)c(F)c2F)c1. The molecule has 2 aromatic carbocycles. The Morgan fingerprint density at radius 2 is 1.44 bits per heavy atom. The Kier molecular flexibility index (Phi) is 2.86. The lowest BCUT2D eigenvalue weighted by Gasteiger charge is -2.10. The van der Waals surface area contributed by atoms with Crippen molar-refractivity contribution in [2.45, 2.75) is 0 Å². The van der Waals surface area contributed by atoms with Crippen LogP contribution in [0.1, 0.15) is 0 Å². The number of halogens is 4. The van der Waals surface area contributed by atoms with Crippen molar-refractivity contribution in [3.8, 4) is 11.1 Å². The van der Waals surface area contributed by atoms with Gasteiger partial charge in [0.15, 0.2) is 23.3 Å². The Morgan fingerprint density at radius 3 is 2.06 bits per heavy atom. The predicted octanol–water partition coefficient (Wildman–Crippen LogP) is 3.07.